The number of nitrogens with one attached hydrogen (secondary N) is 1. The van der Waals surface area contributed by atoms with Crippen LogP contribution in [-0.2, 0) is 0 Å². The van der Waals surface area contributed by atoms with Crippen molar-refractivity contribution < 1.29 is 0 Å². The second kappa shape index (κ2) is 6.64. The second-order valence-electron chi connectivity index (χ2n) is 4.57. The predicted molar refractivity (Wildman–Crippen MR) is 78.4 cm³/mol. The van der Waals surface area contributed by atoms with Crippen molar-refractivity contribution in [2.75, 3.05) is 6.54 Å². The Kier molecular flexibility index (Phi) is 4.88. The average molecular weight is 276 g/mol. The number of halogens is 1. The normalized spacial score (nSPS) is 12.4. The highest BCUT2D eigenvalue weighted by atomic mass is 35.5. The number of hydrogen-bond acceptors (Lipinski definition) is 3. The van der Waals surface area contributed by atoms with Gasteiger partial charge in [0.15, 0.2) is 0 Å². The summed E-state index contributed by atoms with van der Waals surface area (Å²) < 4.78 is 0. The van der Waals surface area contributed by atoms with E-state index in [1.165, 1.54) is 0 Å². The van der Waals surface area contributed by atoms with E-state index in [9.17, 15) is 0 Å². The molecule has 0 aliphatic heterocycles. The molecule has 0 saturated heterocycles. The molecule has 100 valence electrons. The summed E-state index contributed by atoms with van der Waals surface area (Å²) in [6, 6.07) is 8.26. The standard InChI is InChI=1S/C15H18ClN3/c1-3-7-17-15(13-6-8-18-19-10-13)12-5-4-11(2)14(16)9-12/h4-6,8-10,15,17H,3,7H2,1-2H3. The van der Waals surface area contributed by atoms with Crippen LogP contribution in [0.1, 0.15) is 36.1 Å². The summed E-state index contributed by atoms with van der Waals surface area (Å²) in [5.41, 5.74) is 3.34. The van der Waals surface area contributed by atoms with Gasteiger partial charge in [0, 0.05) is 11.2 Å². The molecular formula is C15H18ClN3. The van der Waals surface area contributed by atoms with E-state index >= 15 is 0 Å². The zero-order valence-corrected chi connectivity index (χ0v) is 12.0. The van der Waals surface area contributed by atoms with Crippen LogP contribution in [0.3, 0.4) is 0 Å². The van der Waals surface area contributed by atoms with Gasteiger partial charge in [0.1, 0.15) is 0 Å². The third-order valence-corrected chi connectivity index (χ3v) is 3.48. The molecule has 2 aromatic rings. The minimum absolute atomic E-state index is 0.105. The Morgan fingerprint density at radius 3 is 2.68 bits per heavy atom. The fourth-order valence-corrected chi connectivity index (χ4v) is 2.17. The molecule has 1 unspecified atom stereocenters. The lowest BCUT2D eigenvalue weighted by molar-refractivity contribution is 0.595. The Bertz CT molecular complexity index is 528. The summed E-state index contributed by atoms with van der Waals surface area (Å²) in [5.74, 6) is 0. The minimum Gasteiger partial charge on any atom is -0.306 e. The van der Waals surface area contributed by atoms with E-state index in [1.807, 2.05) is 25.1 Å². The summed E-state index contributed by atoms with van der Waals surface area (Å²) in [4.78, 5) is 0. The Hall–Kier alpha value is -1.45. The van der Waals surface area contributed by atoms with E-state index in [2.05, 4.69) is 28.5 Å². The number of hydrogen-bond donors (Lipinski definition) is 1. The van der Waals surface area contributed by atoms with Gasteiger partial charge in [-0.05, 0) is 48.7 Å². The molecule has 0 amide bonds. The molecule has 0 aliphatic rings. The van der Waals surface area contributed by atoms with Crippen LogP contribution in [0.5, 0.6) is 0 Å². The molecule has 0 bridgehead atoms. The molecule has 0 saturated carbocycles. The SMILES string of the molecule is CCCNC(c1ccnnc1)c1ccc(C)c(Cl)c1. The first-order valence-corrected chi connectivity index (χ1v) is 6.86. The van der Waals surface area contributed by atoms with E-state index < -0.39 is 0 Å². The van der Waals surface area contributed by atoms with Crippen LogP contribution < -0.4 is 5.32 Å². The van der Waals surface area contributed by atoms with Gasteiger partial charge in [-0.25, -0.2) is 0 Å². The van der Waals surface area contributed by atoms with Crippen LogP contribution in [0.15, 0.2) is 36.7 Å². The molecule has 4 heteroatoms. The first kappa shape index (κ1) is 14.0. The molecule has 1 atom stereocenters. The first-order chi connectivity index (χ1) is 9.22. The Morgan fingerprint density at radius 1 is 1.21 bits per heavy atom. The van der Waals surface area contributed by atoms with Crippen molar-refractivity contribution in [3.8, 4) is 0 Å². The van der Waals surface area contributed by atoms with Crippen LogP contribution in [0.25, 0.3) is 0 Å². The van der Waals surface area contributed by atoms with Crippen LogP contribution in [-0.4, -0.2) is 16.7 Å². The van der Waals surface area contributed by atoms with Gasteiger partial charge in [0.25, 0.3) is 0 Å². The van der Waals surface area contributed by atoms with Gasteiger partial charge >= 0.3 is 0 Å². The molecule has 1 N–H and O–H groups in total. The van der Waals surface area contributed by atoms with E-state index in [1.54, 1.807) is 12.4 Å². The smallest absolute Gasteiger partial charge is 0.0593 e. The average Bonchev–Trinajstić information content (AvgIpc) is 2.44. The van der Waals surface area contributed by atoms with Crippen molar-refractivity contribution in [1.82, 2.24) is 15.5 Å². The zero-order chi connectivity index (χ0) is 13.7. The van der Waals surface area contributed by atoms with Crippen molar-refractivity contribution in [2.24, 2.45) is 0 Å². The maximum Gasteiger partial charge on any atom is 0.0593 e. The largest absolute Gasteiger partial charge is 0.306 e. The van der Waals surface area contributed by atoms with E-state index in [0.717, 1.165) is 34.7 Å². The maximum absolute atomic E-state index is 6.22. The zero-order valence-electron chi connectivity index (χ0n) is 11.2. The topological polar surface area (TPSA) is 37.8 Å². The van der Waals surface area contributed by atoms with Crippen LogP contribution in [0.2, 0.25) is 5.02 Å². The lowest BCUT2D eigenvalue weighted by atomic mass is 9.99. The molecule has 0 radical (unpaired) electrons. The van der Waals surface area contributed by atoms with Gasteiger partial charge < -0.3 is 5.32 Å². The Balaban J connectivity index is 2.34. The molecule has 1 aromatic carbocycles. The van der Waals surface area contributed by atoms with Crippen molar-refractivity contribution in [3.05, 3.63) is 58.4 Å². The highest BCUT2D eigenvalue weighted by Gasteiger charge is 2.14. The number of aryl methyl sites for hydroxylation is 1. The Morgan fingerprint density at radius 2 is 2.05 bits per heavy atom. The number of aromatic nitrogens is 2. The molecule has 1 heterocycles. The summed E-state index contributed by atoms with van der Waals surface area (Å²) in [6.07, 6.45) is 4.58. The molecular weight excluding hydrogens is 258 g/mol. The fourth-order valence-electron chi connectivity index (χ4n) is 1.98. The van der Waals surface area contributed by atoms with Gasteiger partial charge in [-0.2, -0.15) is 10.2 Å². The predicted octanol–water partition coefficient (Wildman–Crippen LogP) is 3.53. The van der Waals surface area contributed by atoms with Crippen LogP contribution in [0.4, 0.5) is 0 Å². The van der Waals surface area contributed by atoms with Crippen molar-refractivity contribution in [1.29, 1.82) is 0 Å². The van der Waals surface area contributed by atoms with Gasteiger partial charge in [-0.15, -0.1) is 0 Å². The first-order valence-electron chi connectivity index (χ1n) is 6.48. The molecule has 19 heavy (non-hydrogen) atoms. The number of nitrogens with zero attached hydrogens (tertiary/aromatic N) is 2. The third kappa shape index (κ3) is 3.52. The molecule has 2 rings (SSSR count). The maximum atomic E-state index is 6.22. The van der Waals surface area contributed by atoms with Gasteiger partial charge in [-0.3, -0.25) is 0 Å². The summed E-state index contributed by atoms with van der Waals surface area (Å²) in [6.45, 7) is 5.10. The van der Waals surface area contributed by atoms with Gasteiger partial charge in [-0.1, -0.05) is 30.7 Å². The second-order valence-corrected chi connectivity index (χ2v) is 4.98. The lowest BCUT2D eigenvalue weighted by Crippen LogP contribution is -2.23. The van der Waals surface area contributed by atoms with Crippen LogP contribution in [0, 0.1) is 6.92 Å². The van der Waals surface area contributed by atoms with Crippen molar-refractivity contribution >= 4 is 11.6 Å². The summed E-state index contributed by atoms with van der Waals surface area (Å²) in [5, 5.41) is 12.1. The van der Waals surface area contributed by atoms with Crippen molar-refractivity contribution in [2.45, 2.75) is 26.3 Å². The highest BCUT2D eigenvalue weighted by Crippen LogP contribution is 2.25. The highest BCUT2D eigenvalue weighted by molar-refractivity contribution is 6.31. The lowest BCUT2D eigenvalue weighted by Gasteiger charge is -2.19. The van der Waals surface area contributed by atoms with Crippen LogP contribution >= 0.6 is 11.6 Å². The number of rotatable bonds is 5. The fraction of sp³-hybridized carbons (Fsp3) is 0.333. The van der Waals surface area contributed by atoms with Gasteiger partial charge in [0.05, 0.1) is 12.2 Å². The quantitative estimate of drug-likeness (QED) is 0.907. The summed E-state index contributed by atoms with van der Waals surface area (Å²) in [7, 11) is 0. The molecule has 0 spiro atoms. The van der Waals surface area contributed by atoms with E-state index in [4.69, 9.17) is 11.6 Å². The van der Waals surface area contributed by atoms with E-state index in [0.29, 0.717) is 0 Å². The van der Waals surface area contributed by atoms with Gasteiger partial charge in [0.2, 0.25) is 0 Å². The molecule has 0 fully saturated rings. The van der Waals surface area contributed by atoms with E-state index in [-0.39, 0.29) is 6.04 Å². The molecule has 0 aliphatic carbocycles. The monoisotopic (exact) mass is 275 g/mol. The minimum atomic E-state index is 0.105. The summed E-state index contributed by atoms with van der Waals surface area (Å²) >= 11 is 6.22. The number of benzene rings is 1. The Labute approximate surface area is 119 Å². The molecule has 1 aromatic heterocycles. The third-order valence-electron chi connectivity index (χ3n) is 3.07. The molecule has 3 nitrogen and oxygen atoms in total. The van der Waals surface area contributed by atoms with Crippen molar-refractivity contribution in [3.63, 3.8) is 0 Å².